The summed E-state index contributed by atoms with van der Waals surface area (Å²) in [4.78, 5) is 40.3. The van der Waals surface area contributed by atoms with E-state index in [1.807, 2.05) is 6.07 Å². The number of piperazine rings is 1. The Morgan fingerprint density at radius 1 is 1.18 bits per heavy atom. The summed E-state index contributed by atoms with van der Waals surface area (Å²) in [6.07, 6.45) is 0. The second-order valence-corrected chi connectivity index (χ2v) is 8.84. The van der Waals surface area contributed by atoms with Crippen LogP contribution in [0.25, 0.3) is 0 Å². The topological polar surface area (TPSA) is 93.0 Å². The van der Waals surface area contributed by atoms with Gasteiger partial charge in [-0.1, -0.05) is 0 Å². The minimum Gasteiger partial charge on any atom is -0.465 e. The first-order valence-corrected chi connectivity index (χ1v) is 10.1. The van der Waals surface area contributed by atoms with E-state index >= 15 is 0 Å². The molecule has 2 aromatic rings. The van der Waals surface area contributed by atoms with Crippen molar-refractivity contribution < 1.29 is 19.2 Å². The number of non-ortho nitro benzene ring substituents is 1. The second kappa shape index (κ2) is 8.80. The molecule has 0 radical (unpaired) electrons. The predicted molar refractivity (Wildman–Crippen MR) is 108 cm³/mol. The number of methoxy groups -OCH3 is 1. The number of hydrogen-bond acceptors (Lipinski definition) is 7. The molecule has 1 aromatic carbocycles. The van der Waals surface area contributed by atoms with Crippen LogP contribution in [0.4, 0.5) is 5.69 Å². The number of amides is 1. The van der Waals surface area contributed by atoms with E-state index in [2.05, 4.69) is 31.6 Å². The Kier molecular flexibility index (Phi) is 6.42. The fourth-order valence-corrected chi connectivity index (χ4v) is 4.55. The average Bonchev–Trinajstić information content (AvgIpc) is 3.11. The van der Waals surface area contributed by atoms with Crippen molar-refractivity contribution in [3.8, 4) is 0 Å². The lowest BCUT2D eigenvalue weighted by Crippen LogP contribution is -2.48. The molecule has 2 heterocycles. The van der Waals surface area contributed by atoms with E-state index in [1.54, 1.807) is 16.2 Å². The number of ether oxygens (including phenoxy) is 1. The van der Waals surface area contributed by atoms with Gasteiger partial charge in [-0.3, -0.25) is 19.8 Å². The van der Waals surface area contributed by atoms with E-state index in [-0.39, 0.29) is 22.7 Å². The van der Waals surface area contributed by atoms with Crippen LogP contribution in [0.3, 0.4) is 0 Å². The van der Waals surface area contributed by atoms with E-state index in [0.29, 0.717) is 26.2 Å². The molecule has 1 amide bonds. The highest BCUT2D eigenvalue weighted by Crippen LogP contribution is 2.24. The van der Waals surface area contributed by atoms with Gasteiger partial charge in [0.2, 0.25) is 0 Å². The number of hydrogen-bond donors (Lipinski definition) is 0. The Hall–Kier alpha value is -2.30. The molecule has 0 bridgehead atoms. The molecule has 0 N–H and O–H groups in total. The Morgan fingerprint density at radius 3 is 2.43 bits per heavy atom. The van der Waals surface area contributed by atoms with Crippen molar-refractivity contribution >= 4 is 44.8 Å². The monoisotopic (exact) mass is 467 g/mol. The number of rotatable bonds is 5. The first kappa shape index (κ1) is 20.4. The summed E-state index contributed by atoms with van der Waals surface area (Å²) in [5, 5.41) is 11.2. The summed E-state index contributed by atoms with van der Waals surface area (Å²) in [6, 6.07) is 7.74. The van der Waals surface area contributed by atoms with Crippen molar-refractivity contribution in [3.05, 3.63) is 60.2 Å². The van der Waals surface area contributed by atoms with Crippen molar-refractivity contribution in [1.29, 1.82) is 0 Å². The van der Waals surface area contributed by atoms with Crippen molar-refractivity contribution in [2.45, 2.75) is 6.54 Å². The van der Waals surface area contributed by atoms with E-state index < -0.39 is 10.9 Å². The van der Waals surface area contributed by atoms with Gasteiger partial charge in [0.15, 0.2) is 0 Å². The molecule has 148 valence electrons. The summed E-state index contributed by atoms with van der Waals surface area (Å²) in [5.74, 6) is -1.04. The normalized spacial score (nSPS) is 14.7. The van der Waals surface area contributed by atoms with Crippen LogP contribution in [0.5, 0.6) is 0 Å². The van der Waals surface area contributed by atoms with Gasteiger partial charge in [0.05, 0.1) is 21.4 Å². The summed E-state index contributed by atoms with van der Waals surface area (Å²) in [7, 11) is 1.19. The number of nitro groups is 1. The average molecular weight is 468 g/mol. The Morgan fingerprint density at radius 2 is 1.86 bits per heavy atom. The molecule has 1 fully saturated rings. The molecule has 28 heavy (non-hydrogen) atoms. The van der Waals surface area contributed by atoms with Crippen LogP contribution in [-0.2, 0) is 11.3 Å². The largest absolute Gasteiger partial charge is 0.465 e. The zero-order valence-electron chi connectivity index (χ0n) is 15.1. The smallest absolute Gasteiger partial charge is 0.338 e. The number of halogens is 1. The fraction of sp³-hybridized carbons (Fsp3) is 0.333. The number of nitro benzene ring substituents is 1. The minimum absolute atomic E-state index is 0.0121. The van der Waals surface area contributed by atoms with Gasteiger partial charge < -0.3 is 9.64 Å². The van der Waals surface area contributed by atoms with Crippen molar-refractivity contribution in [2.24, 2.45) is 0 Å². The number of esters is 1. The highest BCUT2D eigenvalue weighted by molar-refractivity contribution is 9.11. The lowest BCUT2D eigenvalue weighted by atomic mass is 10.1. The molecule has 8 nitrogen and oxygen atoms in total. The van der Waals surface area contributed by atoms with Gasteiger partial charge in [-0.25, -0.2) is 4.79 Å². The summed E-state index contributed by atoms with van der Waals surface area (Å²) >= 11 is 5.14. The van der Waals surface area contributed by atoms with Crippen LogP contribution in [-0.4, -0.2) is 59.9 Å². The van der Waals surface area contributed by atoms with Crippen LogP contribution >= 0.6 is 27.3 Å². The van der Waals surface area contributed by atoms with Crippen LogP contribution in [0.1, 0.15) is 25.6 Å². The minimum atomic E-state index is -0.718. The second-order valence-electron chi connectivity index (χ2n) is 6.29. The molecule has 3 rings (SSSR count). The Labute approximate surface area is 174 Å². The molecule has 0 unspecified atom stereocenters. The zero-order chi connectivity index (χ0) is 20.3. The summed E-state index contributed by atoms with van der Waals surface area (Å²) in [5.41, 5.74) is -0.208. The van der Waals surface area contributed by atoms with Crippen molar-refractivity contribution in [2.75, 3.05) is 33.3 Å². The third-order valence-corrected chi connectivity index (χ3v) is 6.07. The number of carbonyl (C=O) groups is 2. The Balaban J connectivity index is 1.69. The van der Waals surface area contributed by atoms with E-state index in [9.17, 15) is 19.7 Å². The number of nitrogens with zero attached hydrogens (tertiary/aromatic N) is 3. The first-order chi connectivity index (χ1) is 13.4. The first-order valence-electron chi connectivity index (χ1n) is 8.51. The van der Waals surface area contributed by atoms with Gasteiger partial charge in [0.25, 0.3) is 11.6 Å². The molecular formula is C18H18BrN3O5S. The molecule has 1 saturated heterocycles. The molecule has 1 aliphatic heterocycles. The Bertz CT molecular complexity index is 908. The summed E-state index contributed by atoms with van der Waals surface area (Å²) < 4.78 is 5.71. The number of carbonyl (C=O) groups excluding carboxylic acids is 2. The van der Waals surface area contributed by atoms with Crippen LogP contribution in [0.15, 0.2) is 34.1 Å². The number of benzene rings is 1. The van der Waals surface area contributed by atoms with Crippen LogP contribution in [0.2, 0.25) is 0 Å². The maximum Gasteiger partial charge on any atom is 0.338 e. The third kappa shape index (κ3) is 4.75. The molecular weight excluding hydrogens is 450 g/mol. The van der Waals surface area contributed by atoms with Crippen molar-refractivity contribution in [3.63, 3.8) is 0 Å². The lowest BCUT2D eigenvalue weighted by Gasteiger charge is -2.34. The zero-order valence-corrected chi connectivity index (χ0v) is 17.5. The van der Waals surface area contributed by atoms with Gasteiger partial charge in [-0.05, 0) is 34.1 Å². The third-order valence-electron chi connectivity index (χ3n) is 4.46. The maximum absolute atomic E-state index is 12.8. The van der Waals surface area contributed by atoms with Crippen LogP contribution < -0.4 is 0 Å². The summed E-state index contributed by atoms with van der Waals surface area (Å²) in [6.45, 7) is 3.27. The fourth-order valence-electron chi connectivity index (χ4n) is 3.02. The molecule has 0 aliphatic carbocycles. The molecule has 0 saturated carbocycles. The van der Waals surface area contributed by atoms with E-state index in [0.717, 1.165) is 16.4 Å². The highest BCUT2D eigenvalue weighted by Gasteiger charge is 2.25. The molecule has 0 spiro atoms. The van der Waals surface area contributed by atoms with Crippen molar-refractivity contribution in [1.82, 2.24) is 9.80 Å². The molecule has 10 heteroatoms. The molecule has 1 aliphatic rings. The predicted octanol–water partition coefficient (Wildman–Crippen LogP) is 3.16. The van der Waals surface area contributed by atoms with Crippen LogP contribution in [0, 0.1) is 10.1 Å². The highest BCUT2D eigenvalue weighted by atomic mass is 79.9. The van der Waals surface area contributed by atoms with E-state index in [1.165, 1.54) is 24.1 Å². The van der Waals surface area contributed by atoms with Gasteiger partial charge >= 0.3 is 5.97 Å². The van der Waals surface area contributed by atoms with Gasteiger partial charge in [0, 0.05) is 55.3 Å². The van der Waals surface area contributed by atoms with Gasteiger partial charge in [0.1, 0.15) is 0 Å². The lowest BCUT2D eigenvalue weighted by molar-refractivity contribution is -0.384. The van der Waals surface area contributed by atoms with E-state index in [4.69, 9.17) is 0 Å². The molecule has 1 aromatic heterocycles. The SMILES string of the molecule is COC(=O)c1cc(C(=O)N2CCN(Cc3ccc(Br)s3)CC2)cc([N+](=O)[O-])c1. The quantitative estimate of drug-likeness (QED) is 0.380. The van der Waals surface area contributed by atoms with Gasteiger partial charge in [-0.2, -0.15) is 0 Å². The number of thiophene rings is 1. The maximum atomic E-state index is 12.8. The standard InChI is InChI=1S/C18H18BrN3O5S/c1-27-18(24)13-8-12(9-14(10-13)22(25)26)17(23)21-6-4-20(5-7-21)11-15-2-3-16(19)28-15/h2-3,8-10H,4-7,11H2,1H3. The van der Waals surface area contributed by atoms with Gasteiger partial charge in [-0.15, -0.1) is 11.3 Å². The molecule has 0 atom stereocenters.